The van der Waals surface area contributed by atoms with Crippen molar-refractivity contribution in [1.29, 1.82) is 0 Å². The Labute approximate surface area is 142 Å². The van der Waals surface area contributed by atoms with E-state index in [4.69, 9.17) is 14.2 Å². The number of carbonyl (C=O) groups excluding carboxylic acids is 1. The predicted molar refractivity (Wildman–Crippen MR) is 94.2 cm³/mol. The fourth-order valence-electron chi connectivity index (χ4n) is 2.59. The van der Waals surface area contributed by atoms with Gasteiger partial charge in [0.05, 0.1) is 32.9 Å². The third kappa shape index (κ3) is 3.98. The molecule has 128 valence electrons. The van der Waals surface area contributed by atoms with E-state index in [1.165, 1.54) is 0 Å². The van der Waals surface area contributed by atoms with E-state index >= 15 is 0 Å². The molecule has 0 radical (unpaired) electrons. The van der Waals surface area contributed by atoms with Crippen molar-refractivity contribution in [3.05, 3.63) is 47.5 Å². The number of para-hydroxylation sites is 2. The fraction of sp³-hybridized carbons (Fsp3) is 0.316. The molecule has 0 atom stereocenters. The standard InChI is InChI=1S/C19H23NO4/c1-5-24-17-9-7-6-8-15(17)20-18(21)12-14-10-11-16(22-3)13(2)19(14)23-4/h6-11H,5,12H2,1-4H3,(H,20,21). The van der Waals surface area contributed by atoms with E-state index in [9.17, 15) is 4.79 Å². The van der Waals surface area contributed by atoms with Crippen LogP contribution in [0.15, 0.2) is 36.4 Å². The molecule has 5 nitrogen and oxygen atoms in total. The summed E-state index contributed by atoms with van der Waals surface area (Å²) in [7, 11) is 3.20. The van der Waals surface area contributed by atoms with Crippen molar-refractivity contribution in [2.45, 2.75) is 20.3 Å². The van der Waals surface area contributed by atoms with Crippen LogP contribution in [0.5, 0.6) is 17.2 Å². The minimum absolute atomic E-state index is 0.134. The molecule has 0 heterocycles. The Morgan fingerprint density at radius 1 is 1.04 bits per heavy atom. The predicted octanol–water partition coefficient (Wildman–Crippen LogP) is 3.59. The van der Waals surface area contributed by atoms with Gasteiger partial charge in [-0.1, -0.05) is 18.2 Å². The molecule has 2 aromatic carbocycles. The number of benzene rings is 2. The highest BCUT2D eigenvalue weighted by Gasteiger charge is 2.15. The first-order valence-electron chi connectivity index (χ1n) is 7.82. The molecule has 0 bridgehead atoms. The van der Waals surface area contributed by atoms with Crippen LogP contribution in [0.3, 0.4) is 0 Å². The largest absolute Gasteiger partial charge is 0.496 e. The van der Waals surface area contributed by atoms with Gasteiger partial charge in [-0.15, -0.1) is 0 Å². The number of methoxy groups -OCH3 is 2. The molecule has 0 saturated carbocycles. The smallest absolute Gasteiger partial charge is 0.229 e. The molecule has 0 saturated heterocycles. The van der Waals surface area contributed by atoms with Crippen LogP contribution >= 0.6 is 0 Å². The van der Waals surface area contributed by atoms with E-state index < -0.39 is 0 Å². The second kappa shape index (κ2) is 8.24. The van der Waals surface area contributed by atoms with Crippen molar-refractivity contribution in [1.82, 2.24) is 0 Å². The Bertz CT molecular complexity index is 713. The normalized spacial score (nSPS) is 10.2. The lowest BCUT2D eigenvalue weighted by Crippen LogP contribution is -2.16. The highest BCUT2D eigenvalue weighted by atomic mass is 16.5. The number of carbonyl (C=O) groups is 1. The summed E-state index contributed by atoms with van der Waals surface area (Å²) in [6, 6.07) is 11.1. The average Bonchev–Trinajstić information content (AvgIpc) is 2.57. The lowest BCUT2D eigenvalue weighted by Gasteiger charge is -2.15. The third-order valence-corrected chi connectivity index (χ3v) is 3.67. The van der Waals surface area contributed by atoms with E-state index in [1.807, 2.05) is 50.2 Å². The Morgan fingerprint density at radius 3 is 2.46 bits per heavy atom. The number of amides is 1. The average molecular weight is 329 g/mol. The van der Waals surface area contributed by atoms with Crippen LogP contribution in [0, 0.1) is 6.92 Å². The van der Waals surface area contributed by atoms with E-state index in [1.54, 1.807) is 14.2 Å². The van der Waals surface area contributed by atoms with Crippen molar-refractivity contribution >= 4 is 11.6 Å². The van der Waals surface area contributed by atoms with Gasteiger partial charge in [0, 0.05) is 11.1 Å². The number of hydrogen-bond acceptors (Lipinski definition) is 4. The summed E-state index contributed by atoms with van der Waals surface area (Å²) in [4.78, 5) is 12.4. The first kappa shape index (κ1) is 17.7. The molecule has 0 aliphatic rings. The van der Waals surface area contributed by atoms with Gasteiger partial charge in [0.1, 0.15) is 17.2 Å². The fourth-order valence-corrected chi connectivity index (χ4v) is 2.59. The van der Waals surface area contributed by atoms with Crippen LogP contribution in [0.4, 0.5) is 5.69 Å². The second-order valence-electron chi connectivity index (χ2n) is 5.24. The molecule has 5 heteroatoms. The van der Waals surface area contributed by atoms with Crippen LogP contribution < -0.4 is 19.5 Å². The van der Waals surface area contributed by atoms with Gasteiger partial charge in [0.2, 0.25) is 5.91 Å². The lowest BCUT2D eigenvalue weighted by atomic mass is 10.1. The zero-order chi connectivity index (χ0) is 17.5. The molecule has 0 aromatic heterocycles. The van der Waals surface area contributed by atoms with Crippen molar-refractivity contribution < 1.29 is 19.0 Å². The van der Waals surface area contributed by atoms with Gasteiger partial charge in [0.15, 0.2) is 0 Å². The first-order chi connectivity index (χ1) is 11.6. The molecule has 0 aliphatic heterocycles. The quantitative estimate of drug-likeness (QED) is 0.843. The molecule has 1 N–H and O–H groups in total. The van der Waals surface area contributed by atoms with Crippen LogP contribution in [-0.4, -0.2) is 26.7 Å². The van der Waals surface area contributed by atoms with Gasteiger partial charge in [-0.2, -0.15) is 0 Å². The summed E-state index contributed by atoms with van der Waals surface area (Å²) in [5.74, 6) is 1.93. The van der Waals surface area contributed by atoms with Crippen LogP contribution in [0.25, 0.3) is 0 Å². The van der Waals surface area contributed by atoms with Crippen molar-refractivity contribution in [2.24, 2.45) is 0 Å². The Balaban J connectivity index is 2.17. The van der Waals surface area contributed by atoms with Crippen molar-refractivity contribution in [2.75, 3.05) is 26.1 Å². The molecule has 0 spiro atoms. The number of ether oxygens (including phenoxy) is 3. The van der Waals surface area contributed by atoms with E-state index in [-0.39, 0.29) is 12.3 Å². The van der Waals surface area contributed by atoms with Crippen LogP contribution in [0.2, 0.25) is 0 Å². The van der Waals surface area contributed by atoms with Crippen LogP contribution in [-0.2, 0) is 11.2 Å². The molecule has 0 fully saturated rings. The van der Waals surface area contributed by atoms with Crippen LogP contribution in [0.1, 0.15) is 18.1 Å². The minimum Gasteiger partial charge on any atom is -0.496 e. The highest BCUT2D eigenvalue weighted by molar-refractivity contribution is 5.94. The summed E-state index contributed by atoms with van der Waals surface area (Å²) < 4.78 is 16.3. The van der Waals surface area contributed by atoms with Gasteiger partial charge in [-0.3, -0.25) is 4.79 Å². The molecule has 0 unspecified atom stereocenters. The number of rotatable bonds is 7. The van der Waals surface area contributed by atoms with E-state index in [2.05, 4.69) is 5.32 Å². The molecule has 0 aliphatic carbocycles. The van der Waals surface area contributed by atoms with Crippen molar-refractivity contribution in [3.8, 4) is 17.2 Å². The summed E-state index contributed by atoms with van der Waals surface area (Å²) in [6.45, 7) is 4.35. The first-order valence-corrected chi connectivity index (χ1v) is 7.82. The SMILES string of the molecule is CCOc1ccccc1NC(=O)Cc1ccc(OC)c(C)c1OC. The number of anilines is 1. The van der Waals surface area contributed by atoms with E-state index in [0.717, 1.165) is 16.9 Å². The number of hydrogen-bond donors (Lipinski definition) is 1. The third-order valence-electron chi connectivity index (χ3n) is 3.67. The van der Waals surface area contributed by atoms with Gasteiger partial charge in [-0.25, -0.2) is 0 Å². The summed E-state index contributed by atoms with van der Waals surface area (Å²) in [6.07, 6.45) is 0.203. The van der Waals surface area contributed by atoms with Gasteiger partial charge >= 0.3 is 0 Å². The Morgan fingerprint density at radius 2 is 1.79 bits per heavy atom. The number of nitrogens with one attached hydrogen (secondary N) is 1. The topological polar surface area (TPSA) is 56.8 Å². The van der Waals surface area contributed by atoms with Crippen molar-refractivity contribution in [3.63, 3.8) is 0 Å². The zero-order valence-electron chi connectivity index (χ0n) is 14.5. The van der Waals surface area contributed by atoms with Gasteiger partial charge in [0.25, 0.3) is 0 Å². The minimum atomic E-state index is -0.134. The summed E-state index contributed by atoms with van der Waals surface area (Å²) in [5.41, 5.74) is 2.34. The molecule has 24 heavy (non-hydrogen) atoms. The second-order valence-corrected chi connectivity index (χ2v) is 5.24. The molecule has 2 aromatic rings. The Kier molecular flexibility index (Phi) is 6.07. The molecular formula is C19H23NO4. The molecule has 1 amide bonds. The molecule has 2 rings (SSSR count). The Hall–Kier alpha value is -2.69. The maximum atomic E-state index is 12.4. The maximum absolute atomic E-state index is 12.4. The summed E-state index contributed by atoms with van der Waals surface area (Å²) >= 11 is 0. The lowest BCUT2D eigenvalue weighted by molar-refractivity contribution is -0.115. The highest BCUT2D eigenvalue weighted by Crippen LogP contribution is 2.32. The maximum Gasteiger partial charge on any atom is 0.229 e. The van der Waals surface area contributed by atoms with Gasteiger partial charge in [-0.05, 0) is 32.0 Å². The van der Waals surface area contributed by atoms with E-state index in [0.29, 0.717) is 23.8 Å². The van der Waals surface area contributed by atoms with Gasteiger partial charge < -0.3 is 19.5 Å². The zero-order valence-corrected chi connectivity index (χ0v) is 14.5. The summed E-state index contributed by atoms with van der Waals surface area (Å²) in [5, 5.41) is 2.89. The monoisotopic (exact) mass is 329 g/mol. The molecular weight excluding hydrogens is 306 g/mol.